The predicted octanol–water partition coefficient (Wildman–Crippen LogP) is 5.03. The van der Waals surface area contributed by atoms with E-state index in [1.54, 1.807) is 19.1 Å². The number of nitrogens with one attached hydrogen (secondary N) is 1. The van der Waals surface area contributed by atoms with Crippen molar-refractivity contribution in [3.63, 3.8) is 0 Å². The Morgan fingerprint density at radius 3 is 2.68 bits per heavy atom. The van der Waals surface area contributed by atoms with Gasteiger partial charge in [-0.25, -0.2) is 4.79 Å². The van der Waals surface area contributed by atoms with Gasteiger partial charge in [0, 0.05) is 41.9 Å². The summed E-state index contributed by atoms with van der Waals surface area (Å²) in [7, 11) is 2.02. The van der Waals surface area contributed by atoms with Crippen LogP contribution in [0.3, 0.4) is 0 Å². The van der Waals surface area contributed by atoms with Crippen LogP contribution in [0.5, 0.6) is 0 Å². The Labute approximate surface area is 201 Å². The summed E-state index contributed by atoms with van der Waals surface area (Å²) < 4.78 is 4.67. The molecule has 0 amide bonds. The lowest BCUT2D eigenvalue weighted by Gasteiger charge is -2.29. The molecule has 2 aromatic carbocycles. The number of aromatic nitrogens is 1. The maximum Gasteiger partial charge on any atom is 0.334 e. The molecular formula is C25H26N4O4S. The van der Waals surface area contributed by atoms with E-state index in [9.17, 15) is 20.0 Å². The quantitative estimate of drug-likeness (QED) is 0.345. The summed E-state index contributed by atoms with van der Waals surface area (Å²) >= 11 is 1.29. The molecule has 2 heterocycles. The van der Waals surface area contributed by atoms with Crippen molar-refractivity contribution in [2.45, 2.75) is 38.8 Å². The molecule has 2 atom stereocenters. The van der Waals surface area contributed by atoms with Crippen LogP contribution in [0, 0.1) is 10.1 Å². The number of non-ortho nitro benzene ring substituents is 1. The van der Waals surface area contributed by atoms with Gasteiger partial charge in [-0.15, -0.1) is 0 Å². The predicted molar refractivity (Wildman–Crippen MR) is 132 cm³/mol. The summed E-state index contributed by atoms with van der Waals surface area (Å²) in [6.07, 6.45) is 0.871. The van der Waals surface area contributed by atoms with Crippen LogP contribution in [-0.4, -0.2) is 38.4 Å². The first-order valence-electron chi connectivity index (χ1n) is 10.9. The molecule has 0 bridgehead atoms. The number of aliphatic carboxylic acids is 1. The summed E-state index contributed by atoms with van der Waals surface area (Å²) in [5, 5.41) is 25.4. The second-order valence-corrected chi connectivity index (χ2v) is 9.35. The molecule has 1 aliphatic heterocycles. The molecular weight excluding hydrogens is 452 g/mol. The first-order chi connectivity index (χ1) is 16.3. The van der Waals surface area contributed by atoms with Crippen molar-refractivity contribution in [2.24, 2.45) is 0 Å². The highest BCUT2D eigenvalue weighted by atomic mass is 32.1. The summed E-state index contributed by atoms with van der Waals surface area (Å²) in [5.41, 5.74) is 3.97. The third-order valence-corrected chi connectivity index (χ3v) is 7.07. The Bertz CT molecular complexity index is 1250. The van der Waals surface area contributed by atoms with E-state index in [2.05, 4.69) is 33.6 Å². The number of nitrogens with zero attached hydrogens (tertiary/aromatic N) is 3. The van der Waals surface area contributed by atoms with Gasteiger partial charge < -0.3 is 10.4 Å². The number of carboxylic acid groups (broad SMARTS) is 1. The molecule has 0 fully saturated rings. The van der Waals surface area contributed by atoms with Gasteiger partial charge in [0.25, 0.3) is 5.69 Å². The lowest BCUT2D eigenvalue weighted by atomic mass is 9.81. The Kier molecular flexibility index (Phi) is 6.76. The van der Waals surface area contributed by atoms with Gasteiger partial charge in [0.15, 0.2) is 0 Å². The number of hydrogen-bond acceptors (Lipinski definition) is 7. The smallest absolute Gasteiger partial charge is 0.334 e. The maximum absolute atomic E-state index is 12.3. The number of carbonyl (C=O) groups is 1. The number of allylic oxidation sites excluding steroid dienone is 1. The summed E-state index contributed by atoms with van der Waals surface area (Å²) in [5.74, 6) is -1.71. The zero-order valence-electron chi connectivity index (χ0n) is 19.2. The lowest BCUT2D eigenvalue weighted by molar-refractivity contribution is -0.384. The van der Waals surface area contributed by atoms with Crippen molar-refractivity contribution < 1.29 is 14.8 Å². The van der Waals surface area contributed by atoms with Crippen LogP contribution in [-0.2, 0) is 17.8 Å². The van der Waals surface area contributed by atoms with Gasteiger partial charge in [-0.05, 0) is 50.0 Å². The van der Waals surface area contributed by atoms with E-state index in [-0.39, 0.29) is 17.3 Å². The zero-order valence-corrected chi connectivity index (χ0v) is 20.0. The monoisotopic (exact) mass is 478 g/mol. The van der Waals surface area contributed by atoms with Gasteiger partial charge in [0.05, 0.1) is 16.2 Å². The average molecular weight is 479 g/mol. The first kappa shape index (κ1) is 23.6. The molecule has 1 aromatic heterocycles. The van der Waals surface area contributed by atoms with Crippen LogP contribution in [0.4, 0.5) is 10.7 Å². The minimum atomic E-state index is -1.06. The van der Waals surface area contributed by atoms with Crippen LogP contribution >= 0.6 is 11.5 Å². The van der Waals surface area contributed by atoms with Crippen molar-refractivity contribution in [1.29, 1.82) is 0 Å². The fraction of sp³-hybridized carbons (Fsp3) is 0.280. The lowest BCUT2D eigenvalue weighted by Crippen LogP contribution is -2.31. The van der Waals surface area contributed by atoms with Gasteiger partial charge in [-0.2, -0.15) is 4.37 Å². The van der Waals surface area contributed by atoms with Crippen LogP contribution in [0.1, 0.15) is 42.1 Å². The molecule has 3 aromatic rings. The van der Waals surface area contributed by atoms with E-state index in [0.717, 1.165) is 22.7 Å². The second-order valence-electron chi connectivity index (χ2n) is 8.58. The molecule has 9 heteroatoms. The van der Waals surface area contributed by atoms with Gasteiger partial charge >= 0.3 is 5.97 Å². The van der Waals surface area contributed by atoms with Gasteiger partial charge in [0.1, 0.15) is 5.00 Å². The van der Waals surface area contributed by atoms with Crippen molar-refractivity contribution in [2.75, 3.05) is 12.4 Å². The van der Waals surface area contributed by atoms with Crippen molar-refractivity contribution in [1.82, 2.24) is 9.27 Å². The average Bonchev–Trinajstić information content (AvgIpc) is 3.20. The molecule has 0 saturated heterocycles. The second kappa shape index (κ2) is 9.74. The van der Waals surface area contributed by atoms with Crippen LogP contribution < -0.4 is 5.32 Å². The molecule has 0 aliphatic carbocycles. The number of anilines is 1. The molecule has 0 spiro atoms. The Hall–Kier alpha value is -3.56. The van der Waals surface area contributed by atoms with Crippen LogP contribution in [0.25, 0.3) is 0 Å². The molecule has 2 N–H and O–H groups in total. The normalized spacial score (nSPS) is 16.2. The highest BCUT2D eigenvalue weighted by Crippen LogP contribution is 2.46. The molecule has 8 nitrogen and oxygen atoms in total. The van der Waals surface area contributed by atoms with Crippen LogP contribution in [0.15, 0.2) is 65.9 Å². The molecule has 4 rings (SSSR count). The van der Waals surface area contributed by atoms with Crippen molar-refractivity contribution in [3.8, 4) is 0 Å². The highest BCUT2D eigenvalue weighted by Gasteiger charge is 2.37. The fourth-order valence-corrected chi connectivity index (χ4v) is 5.26. The Morgan fingerprint density at radius 2 is 2.00 bits per heavy atom. The number of rotatable bonds is 8. The number of likely N-dealkylation sites (N-methyl/N-ethyl adjacent to an activating group) is 1. The Morgan fingerprint density at radius 1 is 1.26 bits per heavy atom. The number of carboxylic acids is 1. The van der Waals surface area contributed by atoms with E-state index in [4.69, 9.17) is 0 Å². The summed E-state index contributed by atoms with van der Waals surface area (Å²) in [6, 6.07) is 16.7. The molecule has 0 radical (unpaired) electrons. The van der Waals surface area contributed by atoms with E-state index < -0.39 is 16.8 Å². The van der Waals surface area contributed by atoms with Gasteiger partial charge in [0.2, 0.25) is 0 Å². The Balaban J connectivity index is 1.70. The molecule has 1 unspecified atom stereocenters. The number of nitro groups is 1. The molecule has 176 valence electrons. The summed E-state index contributed by atoms with van der Waals surface area (Å²) in [6.45, 7) is 4.39. The van der Waals surface area contributed by atoms with Gasteiger partial charge in [-0.1, -0.05) is 42.5 Å². The first-order valence-corrected chi connectivity index (χ1v) is 11.7. The zero-order chi connectivity index (χ0) is 24.4. The minimum Gasteiger partial charge on any atom is -0.478 e. The van der Waals surface area contributed by atoms with Crippen LogP contribution in [0.2, 0.25) is 0 Å². The highest BCUT2D eigenvalue weighted by molar-refractivity contribution is 7.10. The number of nitro benzene ring substituents is 1. The minimum absolute atomic E-state index is 0.0710. The van der Waals surface area contributed by atoms with Crippen molar-refractivity contribution >= 4 is 28.2 Å². The number of hydrogen-bond donors (Lipinski definition) is 2. The molecule has 1 aliphatic rings. The van der Waals surface area contributed by atoms with E-state index in [1.807, 2.05) is 25.2 Å². The standard InChI is InChI=1S/C25H26N4O4S/c1-15(12-17-8-5-4-6-9-17)28(3)14-20-23-22(18-10-7-11-19(13-18)29(32)33)21(25(30)31)16(2)26-24(23)34-27-20/h4-11,13,15,22,26H,12,14H2,1-3H3,(H,30,31)/t15-,22?/m1/s1. The van der Waals surface area contributed by atoms with E-state index in [1.165, 1.54) is 29.2 Å². The number of benzene rings is 2. The van der Waals surface area contributed by atoms with E-state index in [0.29, 0.717) is 17.8 Å². The molecule has 0 saturated carbocycles. The maximum atomic E-state index is 12.3. The molecule has 34 heavy (non-hydrogen) atoms. The third-order valence-electron chi connectivity index (χ3n) is 6.26. The summed E-state index contributed by atoms with van der Waals surface area (Å²) in [4.78, 5) is 25.4. The largest absolute Gasteiger partial charge is 0.478 e. The topological polar surface area (TPSA) is 109 Å². The van der Waals surface area contributed by atoms with E-state index >= 15 is 0 Å². The van der Waals surface area contributed by atoms with Gasteiger partial charge in [-0.3, -0.25) is 15.0 Å². The fourth-order valence-electron chi connectivity index (χ4n) is 4.37. The van der Waals surface area contributed by atoms with Crippen molar-refractivity contribution in [3.05, 3.63) is 98.4 Å². The number of fused-ring (bicyclic) bond motifs is 1. The third kappa shape index (κ3) is 4.71. The SMILES string of the molecule is CC1=C(C(=O)O)C(c2cccc([N+](=O)[O-])c2)c2c(CN(C)[C@H](C)Cc3ccccc3)nsc2N1.